The van der Waals surface area contributed by atoms with Crippen LogP contribution in [0.3, 0.4) is 0 Å². The van der Waals surface area contributed by atoms with Crippen molar-refractivity contribution in [3.05, 3.63) is 59.7 Å². The Morgan fingerprint density at radius 1 is 1.13 bits per heavy atom. The van der Waals surface area contributed by atoms with Crippen LogP contribution in [0.1, 0.15) is 36.7 Å². The van der Waals surface area contributed by atoms with E-state index in [4.69, 9.17) is 9.98 Å². The first-order chi connectivity index (χ1) is 15.1. The van der Waals surface area contributed by atoms with Crippen molar-refractivity contribution < 1.29 is 0 Å². The van der Waals surface area contributed by atoms with Gasteiger partial charge in [-0.3, -0.25) is 4.99 Å². The largest absolute Gasteiger partial charge is 0.357 e. The number of imidazole rings is 1. The summed E-state index contributed by atoms with van der Waals surface area (Å²) in [4.78, 5) is 16.6. The van der Waals surface area contributed by atoms with Crippen LogP contribution in [0.4, 0.5) is 5.82 Å². The van der Waals surface area contributed by atoms with E-state index in [1.807, 2.05) is 19.2 Å². The van der Waals surface area contributed by atoms with Crippen molar-refractivity contribution in [1.29, 1.82) is 0 Å². The molecular formula is C24H33N7. The van der Waals surface area contributed by atoms with E-state index in [1.165, 1.54) is 5.56 Å². The molecule has 0 aromatic carbocycles. The Morgan fingerprint density at radius 2 is 1.97 bits per heavy atom. The van der Waals surface area contributed by atoms with E-state index in [9.17, 15) is 0 Å². The zero-order valence-electron chi connectivity index (χ0n) is 18.8. The number of pyridine rings is 2. The summed E-state index contributed by atoms with van der Waals surface area (Å²) in [7, 11) is 0. The zero-order chi connectivity index (χ0) is 21.6. The number of guanidine groups is 1. The molecule has 0 bridgehead atoms. The van der Waals surface area contributed by atoms with Gasteiger partial charge in [0.2, 0.25) is 0 Å². The molecule has 0 saturated carbocycles. The molecule has 1 aliphatic heterocycles. The van der Waals surface area contributed by atoms with E-state index < -0.39 is 0 Å². The van der Waals surface area contributed by atoms with Gasteiger partial charge >= 0.3 is 0 Å². The van der Waals surface area contributed by atoms with Gasteiger partial charge in [0.15, 0.2) is 5.96 Å². The van der Waals surface area contributed by atoms with Crippen LogP contribution in [0, 0.1) is 13.8 Å². The summed E-state index contributed by atoms with van der Waals surface area (Å²) in [5, 5.41) is 7.02. The Labute approximate surface area is 184 Å². The lowest BCUT2D eigenvalue weighted by Crippen LogP contribution is -2.49. The molecule has 4 rings (SSSR count). The van der Waals surface area contributed by atoms with E-state index in [1.54, 1.807) is 0 Å². The minimum atomic E-state index is 0.428. The number of rotatable bonds is 6. The van der Waals surface area contributed by atoms with Crippen molar-refractivity contribution in [3.8, 4) is 0 Å². The number of piperidine rings is 1. The van der Waals surface area contributed by atoms with Gasteiger partial charge in [0.05, 0.1) is 5.69 Å². The molecule has 0 atom stereocenters. The molecule has 4 heterocycles. The van der Waals surface area contributed by atoms with Crippen LogP contribution >= 0.6 is 0 Å². The maximum Gasteiger partial charge on any atom is 0.191 e. The number of aryl methyl sites for hydroxylation is 2. The van der Waals surface area contributed by atoms with Crippen LogP contribution in [-0.4, -0.2) is 52.5 Å². The number of nitrogens with zero attached hydrogens (tertiary/aromatic N) is 5. The summed E-state index contributed by atoms with van der Waals surface area (Å²) in [5.41, 5.74) is 4.37. The number of hydrogen-bond acceptors (Lipinski definition) is 4. The molecule has 0 spiro atoms. The smallest absolute Gasteiger partial charge is 0.191 e. The minimum Gasteiger partial charge on any atom is -0.357 e. The van der Waals surface area contributed by atoms with Crippen LogP contribution in [0.5, 0.6) is 0 Å². The van der Waals surface area contributed by atoms with Crippen LogP contribution in [0.15, 0.2) is 47.7 Å². The van der Waals surface area contributed by atoms with Crippen molar-refractivity contribution in [2.75, 3.05) is 31.1 Å². The van der Waals surface area contributed by atoms with Crippen molar-refractivity contribution >= 4 is 17.4 Å². The highest BCUT2D eigenvalue weighted by Crippen LogP contribution is 2.18. The van der Waals surface area contributed by atoms with Gasteiger partial charge in [0.1, 0.15) is 11.5 Å². The molecule has 1 aliphatic rings. The number of aromatic nitrogens is 3. The number of nitrogens with one attached hydrogen (secondary N) is 2. The van der Waals surface area contributed by atoms with Crippen LogP contribution in [0.25, 0.3) is 5.65 Å². The van der Waals surface area contributed by atoms with Crippen molar-refractivity contribution in [1.82, 2.24) is 25.0 Å². The fourth-order valence-electron chi connectivity index (χ4n) is 4.08. The molecule has 1 saturated heterocycles. The van der Waals surface area contributed by atoms with E-state index in [0.29, 0.717) is 12.6 Å². The lowest BCUT2D eigenvalue weighted by Gasteiger charge is -2.34. The molecule has 3 aromatic rings. The van der Waals surface area contributed by atoms with E-state index >= 15 is 0 Å². The summed E-state index contributed by atoms with van der Waals surface area (Å²) < 4.78 is 2.09. The summed E-state index contributed by atoms with van der Waals surface area (Å²) >= 11 is 0. The zero-order valence-corrected chi connectivity index (χ0v) is 18.8. The first-order valence-electron chi connectivity index (χ1n) is 11.3. The Balaban J connectivity index is 1.31. The highest BCUT2D eigenvalue weighted by Gasteiger charge is 2.21. The number of hydrogen-bond donors (Lipinski definition) is 2. The average molecular weight is 420 g/mol. The molecule has 7 nitrogen and oxygen atoms in total. The van der Waals surface area contributed by atoms with Gasteiger partial charge in [-0.05, 0) is 57.4 Å². The third-order valence-corrected chi connectivity index (χ3v) is 5.74. The van der Waals surface area contributed by atoms with Gasteiger partial charge in [0.25, 0.3) is 0 Å². The molecule has 0 radical (unpaired) electrons. The van der Waals surface area contributed by atoms with Gasteiger partial charge in [-0.25, -0.2) is 9.97 Å². The fraction of sp³-hybridized carbons (Fsp3) is 0.458. The molecule has 0 aliphatic carbocycles. The predicted molar refractivity (Wildman–Crippen MR) is 127 cm³/mol. The van der Waals surface area contributed by atoms with Gasteiger partial charge in [-0.15, -0.1) is 0 Å². The highest BCUT2D eigenvalue weighted by molar-refractivity contribution is 5.80. The van der Waals surface area contributed by atoms with E-state index in [0.717, 1.165) is 67.7 Å². The van der Waals surface area contributed by atoms with Crippen molar-refractivity contribution in [2.24, 2.45) is 4.99 Å². The van der Waals surface area contributed by atoms with Gasteiger partial charge in [-0.1, -0.05) is 12.1 Å². The van der Waals surface area contributed by atoms with E-state index in [-0.39, 0.29) is 0 Å². The van der Waals surface area contributed by atoms with Crippen LogP contribution < -0.4 is 15.5 Å². The highest BCUT2D eigenvalue weighted by atomic mass is 15.2. The lowest BCUT2D eigenvalue weighted by molar-refractivity contribution is 0.459. The molecule has 7 heteroatoms. The third kappa shape index (κ3) is 5.34. The standard InChI is InChI=1S/C24H33N7/c1-4-25-24(26-13-10-21-17-31-14-6-7-18(2)23(31)28-21)29-20-11-15-30(16-12-20)22-9-5-8-19(3)27-22/h5-9,14,17,20H,4,10-13,15-16H2,1-3H3,(H2,25,26,29). The lowest BCUT2D eigenvalue weighted by atomic mass is 10.1. The Bertz CT molecular complexity index is 1030. The predicted octanol–water partition coefficient (Wildman–Crippen LogP) is 3.11. The molecular weight excluding hydrogens is 386 g/mol. The molecule has 0 amide bonds. The second-order valence-corrected chi connectivity index (χ2v) is 8.21. The summed E-state index contributed by atoms with van der Waals surface area (Å²) in [6.45, 7) is 9.83. The third-order valence-electron chi connectivity index (χ3n) is 5.74. The van der Waals surface area contributed by atoms with Gasteiger partial charge in [0, 0.05) is 56.7 Å². The SMILES string of the molecule is CCNC(=NCCc1cn2cccc(C)c2n1)NC1CCN(c2cccc(C)n2)CC1. The van der Waals surface area contributed by atoms with E-state index in [2.05, 4.69) is 69.2 Å². The first-order valence-corrected chi connectivity index (χ1v) is 11.3. The van der Waals surface area contributed by atoms with Crippen molar-refractivity contribution in [3.63, 3.8) is 0 Å². The van der Waals surface area contributed by atoms with Crippen LogP contribution in [-0.2, 0) is 6.42 Å². The second kappa shape index (κ2) is 9.81. The number of aliphatic imine (C=N–C) groups is 1. The molecule has 0 unspecified atom stereocenters. The second-order valence-electron chi connectivity index (χ2n) is 8.21. The molecule has 1 fully saturated rings. The first kappa shape index (κ1) is 21.2. The molecule has 2 N–H and O–H groups in total. The summed E-state index contributed by atoms with van der Waals surface area (Å²) in [5.74, 6) is 1.98. The van der Waals surface area contributed by atoms with Crippen LogP contribution in [0.2, 0.25) is 0 Å². The Morgan fingerprint density at radius 3 is 2.71 bits per heavy atom. The normalized spacial score (nSPS) is 15.5. The Hall–Kier alpha value is -3.09. The number of fused-ring (bicyclic) bond motifs is 1. The monoisotopic (exact) mass is 419 g/mol. The molecule has 164 valence electrons. The summed E-state index contributed by atoms with van der Waals surface area (Å²) in [6.07, 6.45) is 7.13. The maximum atomic E-state index is 4.80. The quantitative estimate of drug-likeness (QED) is 0.475. The minimum absolute atomic E-state index is 0.428. The van der Waals surface area contributed by atoms with Crippen molar-refractivity contribution in [2.45, 2.75) is 46.1 Å². The Kier molecular flexibility index (Phi) is 6.70. The van der Waals surface area contributed by atoms with Gasteiger partial charge < -0.3 is 19.9 Å². The fourth-order valence-corrected chi connectivity index (χ4v) is 4.08. The maximum absolute atomic E-state index is 4.80. The average Bonchev–Trinajstić information content (AvgIpc) is 3.19. The topological polar surface area (TPSA) is 69.8 Å². The molecule has 3 aromatic heterocycles. The summed E-state index contributed by atoms with van der Waals surface area (Å²) in [6, 6.07) is 10.8. The molecule has 31 heavy (non-hydrogen) atoms. The number of anilines is 1. The van der Waals surface area contributed by atoms with Gasteiger partial charge in [-0.2, -0.15) is 0 Å².